The molecular weight excluding hydrogens is 262 g/mol. The van der Waals surface area contributed by atoms with Gasteiger partial charge in [0.1, 0.15) is 0 Å². The topological polar surface area (TPSA) is 66.4 Å². The highest BCUT2D eigenvalue weighted by molar-refractivity contribution is 8.00. The Bertz CT molecular complexity index is 443. The van der Waals surface area contributed by atoms with Gasteiger partial charge in [0.15, 0.2) is 0 Å². The van der Waals surface area contributed by atoms with Crippen LogP contribution in [0, 0.1) is 0 Å². The highest BCUT2D eigenvalue weighted by atomic mass is 32.2. The number of amides is 1. The summed E-state index contributed by atoms with van der Waals surface area (Å²) in [5, 5.41) is 11.8. The van der Waals surface area contributed by atoms with Crippen molar-refractivity contribution in [3.63, 3.8) is 0 Å². The van der Waals surface area contributed by atoms with Gasteiger partial charge in [-0.05, 0) is 24.2 Å². The van der Waals surface area contributed by atoms with Crippen LogP contribution in [-0.2, 0) is 9.59 Å². The normalized spacial score (nSPS) is 19.9. The fraction of sp³-hybridized carbons (Fsp3) is 0.429. The Hall–Kier alpha value is -1.49. The van der Waals surface area contributed by atoms with E-state index < -0.39 is 12.0 Å². The number of thioether (sulfide) groups is 1. The van der Waals surface area contributed by atoms with E-state index in [-0.39, 0.29) is 17.6 Å². The highest BCUT2D eigenvalue weighted by Gasteiger charge is 2.26. The summed E-state index contributed by atoms with van der Waals surface area (Å²) < 4.78 is 0. The van der Waals surface area contributed by atoms with Gasteiger partial charge in [-0.2, -0.15) is 0 Å². The molecule has 2 unspecified atom stereocenters. The lowest BCUT2D eigenvalue weighted by Gasteiger charge is -2.19. The van der Waals surface area contributed by atoms with E-state index in [0.717, 1.165) is 24.2 Å². The first-order chi connectivity index (χ1) is 9.16. The van der Waals surface area contributed by atoms with Crippen LogP contribution < -0.4 is 5.32 Å². The third-order valence-corrected chi connectivity index (χ3v) is 4.50. The molecule has 0 saturated carbocycles. The van der Waals surface area contributed by atoms with Crippen molar-refractivity contribution in [2.45, 2.75) is 30.6 Å². The van der Waals surface area contributed by atoms with Crippen LogP contribution in [0.25, 0.3) is 0 Å². The Labute approximate surface area is 116 Å². The molecule has 5 heteroatoms. The Balaban J connectivity index is 2.05. The molecule has 4 nitrogen and oxygen atoms in total. The van der Waals surface area contributed by atoms with Crippen LogP contribution >= 0.6 is 11.8 Å². The average Bonchev–Trinajstić information content (AvgIpc) is 2.92. The van der Waals surface area contributed by atoms with Gasteiger partial charge in [-0.15, -0.1) is 11.8 Å². The number of benzene rings is 1. The Kier molecular flexibility index (Phi) is 4.85. The second-order valence-corrected chi connectivity index (χ2v) is 5.88. The van der Waals surface area contributed by atoms with Crippen molar-refractivity contribution in [3.8, 4) is 0 Å². The first-order valence-electron chi connectivity index (χ1n) is 6.35. The van der Waals surface area contributed by atoms with E-state index in [9.17, 15) is 9.59 Å². The number of carboxylic acid groups (broad SMARTS) is 1. The summed E-state index contributed by atoms with van der Waals surface area (Å²) in [4.78, 5) is 23.0. The number of nitrogens with one attached hydrogen (secondary N) is 1. The second-order valence-electron chi connectivity index (χ2n) is 4.57. The molecule has 0 aromatic heterocycles. The van der Waals surface area contributed by atoms with Gasteiger partial charge >= 0.3 is 5.97 Å². The van der Waals surface area contributed by atoms with E-state index in [0.29, 0.717) is 0 Å². The molecule has 1 aliphatic rings. The zero-order chi connectivity index (χ0) is 13.7. The monoisotopic (exact) mass is 279 g/mol. The van der Waals surface area contributed by atoms with Gasteiger partial charge in [-0.25, -0.2) is 0 Å². The lowest BCUT2D eigenvalue weighted by molar-refractivity contribution is -0.137. The van der Waals surface area contributed by atoms with Crippen molar-refractivity contribution >= 4 is 23.6 Å². The Morgan fingerprint density at radius 3 is 2.68 bits per heavy atom. The van der Waals surface area contributed by atoms with Gasteiger partial charge in [0.2, 0.25) is 5.91 Å². The minimum Gasteiger partial charge on any atom is -0.481 e. The van der Waals surface area contributed by atoms with Gasteiger partial charge in [0.05, 0.1) is 17.7 Å². The largest absolute Gasteiger partial charge is 0.481 e. The number of rotatable bonds is 5. The van der Waals surface area contributed by atoms with Gasteiger partial charge in [-0.3, -0.25) is 9.59 Å². The average molecular weight is 279 g/mol. The predicted octanol–water partition coefficient (Wildman–Crippen LogP) is 2.21. The summed E-state index contributed by atoms with van der Waals surface area (Å²) in [6.07, 6.45) is 1.84. The van der Waals surface area contributed by atoms with E-state index in [1.165, 1.54) is 0 Å². The Morgan fingerprint density at radius 1 is 1.37 bits per heavy atom. The zero-order valence-corrected chi connectivity index (χ0v) is 11.4. The van der Waals surface area contributed by atoms with Crippen molar-refractivity contribution in [2.24, 2.45) is 0 Å². The fourth-order valence-electron chi connectivity index (χ4n) is 2.16. The lowest BCUT2D eigenvalue weighted by Crippen LogP contribution is -2.35. The maximum atomic E-state index is 12.1. The maximum Gasteiger partial charge on any atom is 0.305 e. The molecular formula is C14H17NO3S. The number of carbonyl (C=O) groups is 2. The lowest BCUT2D eigenvalue weighted by atomic mass is 10.0. The van der Waals surface area contributed by atoms with Crippen molar-refractivity contribution in [3.05, 3.63) is 35.9 Å². The molecule has 2 N–H and O–H groups in total. The standard InChI is InChI=1S/C14H17NO3S/c16-13(17)9-11(10-5-2-1-3-6-10)15-14(18)12-7-4-8-19-12/h1-3,5-6,11-12H,4,7-9H2,(H,15,18)(H,16,17). The van der Waals surface area contributed by atoms with E-state index in [1.54, 1.807) is 11.8 Å². The molecule has 1 aromatic carbocycles. The minimum atomic E-state index is -0.909. The van der Waals surface area contributed by atoms with Gasteiger partial charge < -0.3 is 10.4 Å². The number of aliphatic carboxylic acids is 1. The summed E-state index contributed by atoms with van der Waals surface area (Å²) in [5.74, 6) is 0.0540. The predicted molar refractivity (Wildman–Crippen MR) is 75.1 cm³/mol. The molecule has 0 bridgehead atoms. The van der Waals surface area contributed by atoms with E-state index in [2.05, 4.69) is 5.32 Å². The number of hydrogen-bond donors (Lipinski definition) is 2. The van der Waals surface area contributed by atoms with Crippen LogP contribution in [0.1, 0.15) is 30.9 Å². The molecule has 1 amide bonds. The van der Waals surface area contributed by atoms with Crippen LogP contribution in [0.2, 0.25) is 0 Å². The van der Waals surface area contributed by atoms with Crippen LogP contribution in [0.5, 0.6) is 0 Å². The van der Waals surface area contributed by atoms with E-state index in [1.807, 2.05) is 30.3 Å². The quantitative estimate of drug-likeness (QED) is 0.867. The van der Waals surface area contributed by atoms with Crippen molar-refractivity contribution < 1.29 is 14.7 Å². The molecule has 19 heavy (non-hydrogen) atoms. The highest BCUT2D eigenvalue weighted by Crippen LogP contribution is 2.27. The third kappa shape index (κ3) is 3.99. The molecule has 0 radical (unpaired) electrons. The van der Waals surface area contributed by atoms with Crippen molar-refractivity contribution in [1.29, 1.82) is 0 Å². The van der Waals surface area contributed by atoms with Crippen LogP contribution in [0.15, 0.2) is 30.3 Å². The van der Waals surface area contributed by atoms with Gasteiger partial charge in [0, 0.05) is 0 Å². The van der Waals surface area contributed by atoms with E-state index in [4.69, 9.17) is 5.11 Å². The molecule has 1 aliphatic heterocycles. The summed E-state index contributed by atoms with van der Waals surface area (Å²) in [6, 6.07) is 8.80. The number of carbonyl (C=O) groups excluding carboxylic acids is 1. The third-order valence-electron chi connectivity index (χ3n) is 3.12. The van der Waals surface area contributed by atoms with Gasteiger partial charge in [0.25, 0.3) is 0 Å². The molecule has 0 aliphatic carbocycles. The van der Waals surface area contributed by atoms with E-state index >= 15 is 0 Å². The Morgan fingerprint density at radius 2 is 2.11 bits per heavy atom. The van der Waals surface area contributed by atoms with Crippen molar-refractivity contribution in [1.82, 2.24) is 5.32 Å². The summed E-state index contributed by atoms with van der Waals surface area (Å²) >= 11 is 1.65. The molecule has 102 valence electrons. The zero-order valence-electron chi connectivity index (χ0n) is 10.5. The maximum absolute atomic E-state index is 12.1. The van der Waals surface area contributed by atoms with Gasteiger partial charge in [-0.1, -0.05) is 30.3 Å². The van der Waals surface area contributed by atoms with Crippen LogP contribution in [0.4, 0.5) is 0 Å². The molecule has 0 spiro atoms. The smallest absolute Gasteiger partial charge is 0.305 e. The molecule has 1 heterocycles. The molecule has 1 saturated heterocycles. The SMILES string of the molecule is O=C(O)CC(NC(=O)C1CCCS1)c1ccccc1. The first kappa shape index (κ1) is 13.9. The van der Waals surface area contributed by atoms with Crippen LogP contribution in [0.3, 0.4) is 0 Å². The summed E-state index contributed by atoms with van der Waals surface area (Å²) in [7, 11) is 0. The van der Waals surface area contributed by atoms with Crippen LogP contribution in [-0.4, -0.2) is 28.0 Å². The molecule has 2 rings (SSSR count). The molecule has 1 fully saturated rings. The number of hydrogen-bond acceptors (Lipinski definition) is 3. The molecule has 1 aromatic rings. The second kappa shape index (κ2) is 6.61. The summed E-state index contributed by atoms with van der Waals surface area (Å²) in [6.45, 7) is 0. The van der Waals surface area contributed by atoms with Crippen molar-refractivity contribution in [2.75, 3.05) is 5.75 Å². The fourth-order valence-corrected chi connectivity index (χ4v) is 3.33. The molecule has 2 atom stereocenters. The first-order valence-corrected chi connectivity index (χ1v) is 7.40. The summed E-state index contributed by atoms with van der Waals surface area (Å²) in [5.41, 5.74) is 0.834. The minimum absolute atomic E-state index is 0.0278. The number of carboxylic acids is 1.